The highest BCUT2D eigenvalue weighted by molar-refractivity contribution is 7.13. The lowest BCUT2D eigenvalue weighted by atomic mass is 9.90. The number of nitrogens with zero attached hydrogens (tertiary/aromatic N) is 3. The lowest BCUT2D eigenvalue weighted by Gasteiger charge is -2.26. The van der Waals surface area contributed by atoms with Gasteiger partial charge in [-0.2, -0.15) is 5.10 Å². The van der Waals surface area contributed by atoms with Crippen LogP contribution < -0.4 is 10.3 Å². The third-order valence-corrected chi connectivity index (χ3v) is 5.62. The number of hydrogen-bond acceptors (Lipinski definition) is 6. The molecule has 1 saturated heterocycles. The molecule has 2 aromatic rings. The molecule has 0 bridgehead atoms. The van der Waals surface area contributed by atoms with E-state index in [1.54, 1.807) is 11.3 Å². The number of morpholine rings is 1. The molecule has 4 rings (SSSR count). The number of benzene rings is 1. The average Bonchev–Trinajstić information content (AvgIpc) is 3.15. The molecule has 0 radical (unpaired) electrons. The molecule has 1 aromatic carbocycles. The number of amides is 1. The molecule has 2 aliphatic rings. The van der Waals surface area contributed by atoms with E-state index in [-0.39, 0.29) is 12.3 Å². The summed E-state index contributed by atoms with van der Waals surface area (Å²) >= 11 is 1.58. The standard InChI is InChI=1S/C19H22N4O2S/c24-18(12-15-13-26-19(20-15)23-8-10-25-11-9-23)22-21-17-7-3-5-14-4-1-2-6-16(14)17/h1-2,4,6,13H,3,5,7-12H2,(H,22,24)/b21-17-. The minimum absolute atomic E-state index is 0.126. The third-order valence-electron chi connectivity index (χ3n) is 4.67. The van der Waals surface area contributed by atoms with Gasteiger partial charge in [-0.3, -0.25) is 4.79 Å². The Morgan fingerprint density at radius 1 is 1.27 bits per heavy atom. The average molecular weight is 370 g/mol. The number of anilines is 1. The molecular weight excluding hydrogens is 348 g/mol. The fourth-order valence-corrected chi connectivity index (χ4v) is 4.21. The largest absolute Gasteiger partial charge is 0.378 e. The summed E-state index contributed by atoms with van der Waals surface area (Å²) in [6.07, 6.45) is 3.29. The van der Waals surface area contributed by atoms with Crippen molar-refractivity contribution in [2.45, 2.75) is 25.7 Å². The van der Waals surface area contributed by atoms with Crippen LogP contribution in [0.15, 0.2) is 34.7 Å². The Balaban J connectivity index is 1.37. The van der Waals surface area contributed by atoms with Gasteiger partial charge < -0.3 is 9.64 Å². The van der Waals surface area contributed by atoms with Crippen LogP contribution in [0.1, 0.15) is 29.7 Å². The van der Waals surface area contributed by atoms with Gasteiger partial charge in [-0.25, -0.2) is 10.4 Å². The molecular formula is C19H22N4O2S. The van der Waals surface area contributed by atoms with Crippen molar-refractivity contribution in [3.05, 3.63) is 46.5 Å². The van der Waals surface area contributed by atoms with Crippen molar-refractivity contribution in [2.24, 2.45) is 5.10 Å². The smallest absolute Gasteiger partial charge is 0.246 e. The zero-order chi connectivity index (χ0) is 17.8. The molecule has 0 atom stereocenters. The Bertz CT molecular complexity index is 811. The van der Waals surface area contributed by atoms with E-state index in [0.717, 1.165) is 67.7 Å². The second kappa shape index (κ2) is 7.97. The lowest BCUT2D eigenvalue weighted by Crippen LogP contribution is -2.36. The number of nitrogens with one attached hydrogen (secondary N) is 1. The van der Waals surface area contributed by atoms with Crippen LogP contribution in [0.5, 0.6) is 0 Å². The van der Waals surface area contributed by atoms with Gasteiger partial charge >= 0.3 is 0 Å². The number of carbonyl (C=O) groups is 1. The summed E-state index contributed by atoms with van der Waals surface area (Å²) in [5.41, 5.74) is 6.93. The second-order valence-electron chi connectivity index (χ2n) is 6.50. The monoisotopic (exact) mass is 370 g/mol. The van der Waals surface area contributed by atoms with Crippen molar-refractivity contribution in [2.75, 3.05) is 31.2 Å². The normalized spacial score (nSPS) is 18.6. The first-order chi connectivity index (χ1) is 12.8. The number of rotatable bonds is 4. The SMILES string of the molecule is O=C(Cc1csc(N2CCOCC2)n1)N/N=C1/CCCc2ccccc21. The molecule has 7 heteroatoms. The molecule has 1 amide bonds. The van der Waals surface area contributed by atoms with Gasteiger partial charge in [0.15, 0.2) is 5.13 Å². The van der Waals surface area contributed by atoms with Crippen molar-refractivity contribution in [1.29, 1.82) is 0 Å². The van der Waals surface area contributed by atoms with Crippen LogP contribution in [-0.2, 0) is 22.4 Å². The van der Waals surface area contributed by atoms with E-state index >= 15 is 0 Å². The van der Waals surface area contributed by atoms with Gasteiger partial charge in [-0.05, 0) is 24.8 Å². The summed E-state index contributed by atoms with van der Waals surface area (Å²) in [5.74, 6) is -0.126. The molecule has 26 heavy (non-hydrogen) atoms. The first-order valence-corrected chi connectivity index (χ1v) is 9.88. The molecule has 1 aliphatic heterocycles. The molecule has 1 aliphatic carbocycles. The van der Waals surface area contributed by atoms with Crippen molar-refractivity contribution < 1.29 is 9.53 Å². The number of carbonyl (C=O) groups excluding carboxylic acids is 1. The number of hydrogen-bond donors (Lipinski definition) is 1. The van der Waals surface area contributed by atoms with Crippen molar-refractivity contribution in [3.8, 4) is 0 Å². The van der Waals surface area contributed by atoms with Crippen LogP contribution in [0, 0.1) is 0 Å². The topological polar surface area (TPSA) is 66.8 Å². The van der Waals surface area contributed by atoms with Gasteiger partial charge in [0.05, 0.1) is 31.0 Å². The van der Waals surface area contributed by atoms with Gasteiger partial charge in [0.1, 0.15) is 0 Å². The number of thiazole rings is 1. The third kappa shape index (κ3) is 3.94. The molecule has 0 unspecified atom stereocenters. The van der Waals surface area contributed by atoms with E-state index in [9.17, 15) is 4.79 Å². The summed E-state index contributed by atoms with van der Waals surface area (Å²) in [7, 11) is 0. The Morgan fingerprint density at radius 2 is 2.12 bits per heavy atom. The van der Waals surface area contributed by atoms with Crippen LogP contribution in [0.4, 0.5) is 5.13 Å². The zero-order valence-corrected chi connectivity index (χ0v) is 15.4. The Morgan fingerprint density at radius 3 is 3.00 bits per heavy atom. The highest BCUT2D eigenvalue weighted by Gasteiger charge is 2.17. The van der Waals surface area contributed by atoms with Crippen LogP contribution in [-0.4, -0.2) is 42.9 Å². The van der Waals surface area contributed by atoms with Crippen LogP contribution in [0.3, 0.4) is 0 Å². The highest BCUT2D eigenvalue weighted by atomic mass is 32.1. The van der Waals surface area contributed by atoms with Gasteiger partial charge in [0.25, 0.3) is 0 Å². The van der Waals surface area contributed by atoms with E-state index in [2.05, 4.69) is 38.6 Å². The number of ether oxygens (including phenoxy) is 1. The number of hydrazone groups is 1. The molecule has 1 fully saturated rings. The lowest BCUT2D eigenvalue weighted by molar-refractivity contribution is -0.120. The maximum atomic E-state index is 12.3. The maximum Gasteiger partial charge on any atom is 0.246 e. The minimum atomic E-state index is -0.126. The van der Waals surface area contributed by atoms with E-state index in [1.807, 2.05) is 11.4 Å². The second-order valence-corrected chi connectivity index (χ2v) is 7.34. The van der Waals surface area contributed by atoms with Crippen molar-refractivity contribution >= 4 is 28.1 Å². The fraction of sp³-hybridized carbons (Fsp3) is 0.421. The molecule has 1 aromatic heterocycles. The predicted molar refractivity (Wildman–Crippen MR) is 103 cm³/mol. The molecule has 0 saturated carbocycles. The first-order valence-electron chi connectivity index (χ1n) is 9.00. The van der Waals surface area contributed by atoms with Gasteiger partial charge in [0.2, 0.25) is 5.91 Å². The Kier molecular flexibility index (Phi) is 5.26. The zero-order valence-electron chi connectivity index (χ0n) is 14.6. The van der Waals surface area contributed by atoms with E-state index < -0.39 is 0 Å². The molecule has 1 N–H and O–H groups in total. The summed E-state index contributed by atoms with van der Waals surface area (Å²) in [4.78, 5) is 19.1. The molecule has 6 nitrogen and oxygen atoms in total. The van der Waals surface area contributed by atoms with Crippen molar-refractivity contribution in [3.63, 3.8) is 0 Å². The van der Waals surface area contributed by atoms with Crippen LogP contribution >= 0.6 is 11.3 Å². The molecule has 2 heterocycles. The summed E-state index contributed by atoms with van der Waals surface area (Å²) in [6, 6.07) is 8.28. The number of aryl methyl sites for hydroxylation is 1. The summed E-state index contributed by atoms with van der Waals surface area (Å²) < 4.78 is 5.36. The van der Waals surface area contributed by atoms with Gasteiger partial charge in [-0.15, -0.1) is 11.3 Å². The Labute approximate surface area is 156 Å². The van der Waals surface area contributed by atoms with E-state index in [0.29, 0.717) is 0 Å². The summed E-state index contributed by atoms with van der Waals surface area (Å²) in [5, 5.41) is 7.30. The molecule has 0 spiro atoms. The van der Waals surface area contributed by atoms with Gasteiger partial charge in [-0.1, -0.05) is 24.3 Å². The minimum Gasteiger partial charge on any atom is -0.378 e. The maximum absolute atomic E-state index is 12.3. The fourth-order valence-electron chi connectivity index (χ4n) is 3.33. The Hall–Kier alpha value is -2.25. The molecule has 136 valence electrons. The number of fused-ring (bicyclic) bond motifs is 1. The van der Waals surface area contributed by atoms with Crippen molar-refractivity contribution in [1.82, 2.24) is 10.4 Å². The van der Waals surface area contributed by atoms with E-state index in [1.165, 1.54) is 5.56 Å². The summed E-state index contributed by atoms with van der Waals surface area (Å²) in [6.45, 7) is 3.17. The highest BCUT2D eigenvalue weighted by Crippen LogP contribution is 2.22. The van der Waals surface area contributed by atoms with E-state index in [4.69, 9.17) is 4.74 Å². The van der Waals surface area contributed by atoms with Crippen LogP contribution in [0.2, 0.25) is 0 Å². The van der Waals surface area contributed by atoms with Crippen LogP contribution in [0.25, 0.3) is 0 Å². The first kappa shape index (κ1) is 17.2. The quantitative estimate of drug-likeness (QED) is 0.839. The predicted octanol–water partition coefficient (Wildman–Crippen LogP) is 2.38. The van der Waals surface area contributed by atoms with Gasteiger partial charge in [0, 0.05) is 24.0 Å². The number of aromatic nitrogens is 1.